The summed E-state index contributed by atoms with van der Waals surface area (Å²) in [6, 6.07) is 0. The highest BCUT2D eigenvalue weighted by atomic mass is 35.5. The van der Waals surface area contributed by atoms with Gasteiger partial charge in [0.1, 0.15) is 0 Å². The quantitative estimate of drug-likeness (QED) is 0.767. The van der Waals surface area contributed by atoms with Crippen LogP contribution in [0.4, 0.5) is 13.2 Å². The molecule has 0 aromatic heterocycles. The van der Waals surface area contributed by atoms with E-state index >= 15 is 0 Å². The highest BCUT2D eigenvalue weighted by Gasteiger charge is 2.30. The number of hydrogen-bond acceptors (Lipinski definition) is 2. The number of hydrogen-bond donors (Lipinski definition) is 1. The van der Waals surface area contributed by atoms with Crippen LogP contribution in [0, 0.1) is 5.92 Å². The van der Waals surface area contributed by atoms with Crippen LogP contribution in [0.25, 0.3) is 0 Å². The Hall–Kier alpha value is -0.0000000000000000416. The molecular weight excluding hydrogens is 207 g/mol. The third kappa shape index (κ3) is 6.12. The topological polar surface area (TPSA) is 21.3 Å². The van der Waals surface area contributed by atoms with Crippen molar-refractivity contribution in [3.8, 4) is 0 Å². The molecule has 1 unspecified atom stereocenters. The fraction of sp³-hybridized carbons (Fsp3) is 1.00. The smallest absolute Gasteiger partial charge is 0.316 e. The predicted octanol–water partition coefficient (Wildman–Crippen LogP) is 1.94. The molecule has 1 aliphatic rings. The van der Waals surface area contributed by atoms with E-state index in [0.29, 0.717) is 6.54 Å². The molecule has 0 saturated carbocycles. The molecule has 0 aliphatic carbocycles. The average Bonchev–Trinajstić information content (AvgIpc) is 2.02. The summed E-state index contributed by atoms with van der Waals surface area (Å²) in [4.78, 5) is 0. The average molecular weight is 220 g/mol. The second-order valence-electron chi connectivity index (χ2n) is 2.97. The van der Waals surface area contributed by atoms with Gasteiger partial charge in [-0.1, -0.05) is 0 Å². The molecule has 1 N–H and O–H groups in total. The Morgan fingerprint density at radius 2 is 2.08 bits per heavy atom. The fourth-order valence-electron chi connectivity index (χ4n) is 1.28. The van der Waals surface area contributed by atoms with Crippen molar-refractivity contribution in [2.24, 2.45) is 5.92 Å². The van der Waals surface area contributed by atoms with Gasteiger partial charge in [-0.25, -0.2) is 0 Å². The molecule has 1 saturated heterocycles. The fourth-order valence-corrected chi connectivity index (χ4v) is 1.28. The first-order valence-electron chi connectivity index (χ1n) is 3.99. The molecule has 1 heterocycles. The number of nitrogens with one attached hydrogen (secondary N) is 1. The highest BCUT2D eigenvalue weighted by Crippen LogP contribution is 2.19. The third-order valence-corrected chi connectivity index (χ3v) is 1.88. The van der Waals surface area contributed by atoms with Crippen LogP contribution >= 0.6 is 12.4 Å². The molecule has 1 rings (SSSR count). The number of piperidine rings is 1. The van der Waals surface area contributed by atoms with Crippen molar-refractivity contribution in [3.63, 3.8) is 0 Å². The van der Waals surface area contributed by atoms with Gasteiger partial charge in [0, 0.05) is 6.54 Å². The molecule has 2 nitrogen and oxygen atoms in total. The lowest BCUT2D eigenvalue weighted by Gasteiger charge is -2.22. The van der Waals surface area contributed by atoms with Crippen molar-refractivity contribution in [1.29, 1.82) is 0 Å². The van der Waals surface area contributed by atoms with Crippen LogP contribution in [0.5, 0.6) is 0 Å². The Balaban J connectivity index is 0.00000144. The molecule has 1 fully saturated rings. The van der Waals surface area contributed by atoms with Gasteiger partial charge in [-0.05, 0) is 25.3 Å². The lowest BCUT2D eigenvalue weighted by Crippen LogP contribution is -2.33. The Morgan fingerprint density at radius 1 is 1.38 bits per heavy atom. The molecule has 1 atom stereocenters. The first-order valence-corrected chi connectivity index (χ1v) is 3.99. The van der Waals surface area contributed by atoms with E-state index in [1.54, 1.807) is 0 Å². The summed E-state index contributed by atoms with van der Waals surface area (Å²) >= 11 is 0. The summed E-state index contributed by atoms with van der Waals surface area (Å²) in [6.07, 6.45) is -2.72. The molecule has 0 spiro atoms. The molecule has 6 heteroatoms. The second kappa shape index (κ2) is 5.67. The van der Waals surface area contributed by atoms with Crippen molar-refractivity contribution in [3.05, 3.63) is 0 Å². The minimum Gasteiger partial charge on any atom is -0.316 e. The van der Waals surface area contributed by atoms with Crippen LogP contribution in [0.15, 0.2) is 0 Å². The Kier molecular flexibility index (Phi) is 5.67. The molecule has 1 aliphatic heterocycles. The van der Waals surface area contributed by atoms with E-state index in [9.17, 15) is 13.2 Å². The number of rotatable bonds is 2. The number of ether oxygens (including phenoxy) is 1. The van der Waals surface area contributed by atoms with Gasteiger partial charge in [0.25, 0.3) is 0 Å². The van der Waals surface area contributed by atoms with E-state index < -0.39 is 6.36 Å². The molecule has 0 radical (unpaired) electrons. The second-order valence-corrected chi connectivity index (χ2v) is 2.97. The standard InChI is InChI=1S/C7H12F3NO.ClH/c8-7(9,10)12-5-6-2-1-3-11-4-6;/h6,11H,1-5H2;1H. The molecule has 80 valence electrons. The number of halogens is 4. The minimum absolute atomic E-state index is 0. The first-order chi connectivity index (χ1) is 5.58. The Labute approximate surface area is 81.2 Å². The summed E-state index contributed by atoms with van der Waals surface area (Å²) in [6.45, 7) is 1.33. The maximum absolute atomic E-state index is 11.6. The van der Waals surface area contributed by atoms with Gasteiger partial charge < -0.3 is 5.32 Å². The van der Waals surface area contributed by atoms with E-state index in [1.807, 2.05) is 0 Å². The zero-order chi connectivity index (χ0) is 9.03. The molecule has 13 heavy (non-hydrogen) atoms. The largest absolute Gasteiger partial charge is 0.522 e. The minimum atomic E-state index is -4.47. The van der Waals surface area contributed by atoms with Crippen molar-refractivity contribution >= 4 is 12.4 Å². The van der Waals surface area contributed by atoms with Gasteiger partial charge >= 0.3 is 6.36 Å². The van der Waals surface area contributed by atoms with Crippen molar-refractivity contribution in [2.75, 3.05) is 19.7 Å². The van der Waals surface area contributed by atoms with Gasteiger partial charge in [0.05, 0.1) is 6.61 Å². The first kappa shape index (κ1) is 13.0. The van der Waals surface area contributed by atoms with E-state index in [2.05, 4.69) is 10.1 Å². The summed E-state index contributed by atoms with van der Waals surface area (Å²) in [7, 11) is 0. The monoisotopic (exact) mass is 219 g/mol. The van der Waals surface area contributed by atoms with E-state index in [0.717, 1.165) is 19.4 Å². The molecule has 0 aromatic carbocycles. The third-order valence-electron chi connectivity index (χ3n) is 1.88. The maximum atomic E-state index is 11.6. The van der Waals surface area contributed by atoms with Gasteiger partial charge in [0.2, 0.25) is 0 Å². The van der Waals surface area contributed by atoms with Crippen LogP contribution in [0.1, 0.15) is 12.8 Å². The van der Waals surface area contributed by atoms with Gasteiger partial charge in [-0.15, -0.1) is 25.6 Å². The molecule has 0 amide bonds. The van der Waals surface area contributed by atoms with Crippen molar-refractivity contribution in [1.82, 2.24) is 5.32 Å². The summed E-state index contributed by atoms with van der Waals surface area (Å²) in [5.41, 5.74) is 0. The summed E-state index contributed by atoms with van der Waals surface area (Å²) in [5.74, 6) is 0.0142. The van der Waals surface area contributed by atoms with Gasteiger partial charge in [0.15, 0.2) is 0 Å². The molecular formula is C7H13ClF3NO. The lowest BCUT2D eigenvalue weighted by atomic mass is 10.0. The Morgan fingerprint density at radius 3 is 2.54 bits per heavy atom. The van der Waals surface area contributed by atoms with Crippen LogP contribution < -0.4 is 5.32 Å². The highest BCUT2D eigenvalue weighted by molar-refractivity contribution is 5.85. The Bertz CT molecular complexity index is 136. The van der Waals surface area contributed by atoms with Crippen molar-refractivity contribution in [2.45, 2.75) is 19.2 Å². The normalized spacial score (nSPS) is 23.8. The molecule has 0 aromatic rings. The van der Waals surface area contributed by atoms with Gasteiger partial charge in [-0.2, -0.15) is 0 Å². The molecule has 0 bridgehead atoms. The van der Waals surface area contributed by atoms with Crippen LogP contribution in [0.3, 0.4) is 0 Å². The van der Waals surface area contributed by atoms with Gasteiger partial charge in [-0.3, -0.25) is 4.74 Å². The lowest BCUT2D eigenvalue weighted by molar-refractivity contribution is -0.328. The predicted molar refractivity (Wildman–Crippen MR) is 44.8 cm³/mol. The van der Waals surface area contributed by atoms with Crippen LogP contribution in [0.2, 0.25) is 0 Å². The van der Waals surface area contributed by atoms with Crippen LogP contribution in [-0.4, -0.2) is 26.1 Å². The van der Waals surface area contributed by atoms with Crippen molar-refractivity contribution < 1.29 is 17.9 Å². The van der Waals surface area contributed by atoms with Crippen LogP contribution in [-0.2, 0) is 4.74 Å². The zero-order valence-electron chi connectivity index (χ0n) is 7.06. The summed E-state index contributed by atoms with van der Waals surface area (Å²) in [5, 5.41) is 3.02. The number of alkyl halides is 3. The van der Waals surface area contributed by atoms with E-state index in [-0.39, 0.29) is 24.9 Å². The van der Waals surface area contributed by atoms with E-state index in [1.165, 1.54) is 0 Å². The maximum Gasteiger partial charge on any atom is 0.522 e. The summed E-state index contributed by atoms with van der Waals surface area (Å²) < 4.78 is 38.4. The SMILES string of the molecule is Cl.FC(F)(F)OCC1CCCNC1. The van der Waals surface area contributed by atoms with E-state index in [4.69, 9.17) is 0 Å². The zero-order valence-corrected chi connectivity index (χ0v) is 7.88.